The van der Waals surface area contributed by atoms with Crippen molar-refractivity contribution in [3.8, 4) is 11.5 Å². The molecule has 0 fully saturated rings. The van der Waals surface area contributed by atoms with Crippen LogP contribution in [0.2, 0.25) is 0 Å². The van der Waals surface area contributed by atoms with Gasteiger partial charge in [0, 0.05) is 18.3 Å². The van der Waals surface area contributed by atoms with Crippen molar-refractivity contribution in [3.63, 3.8) is 0 Å². The third kappa shape index (κ3) is 2.76. The molecule has 0 radical (unpaired) electrons. The largest absolute Gasteiger partial charge is 0.486 e. The molecule has 2 heterocycles. The highest BCUT2D eigenvalue weighted by Gasteiger charge is 2.13. The summed E-state index contributed by atoms with van der Waals surface area (Å²) >= 11 is 0. The first-order valence-electron chi connectivity index (χ1n) is 6.79. The second kappa shape index (κ2) is 5.74. The lowest BCUT2D eigenvalue weighted by Gasteiger charge is -2.19. The lowest BCUT2D eigenvalue weighted by molar-refractivity contribution is 0.171. The predicted octanol–water partition coefficient (Wildman–Crippen LogP) is 2.01. The maximum atomic E-state index is 6.05. The van der Waals surface area contributed by atoms with E-state index in [0.717, 1.165) is 18.0 Å². The number of nitrogen functional groups attached to an aromatic ring is 1. The fourth-order valence-electron chi connectivity index (χ4n) is 2.06. The molecule has 0 atom stereocenters. The molecule has 0 unspecified atom stereocenters. The number of fused-ring (bicyclic) bond motifs is 1. The third-order valence-corrected chi connectivity index (χ3v) is 3.03. The molecule has 21 heavy (non-hydrogen) atoms. The van der Waals surface area contributed by atoms with Crippen molar-refractivity contribution >= 4 is 23.0 Å². The molecule has 7 heteroatoms. The molecule has 4 N–H and O–H groups in total. The number of nitrogens with two attached hydrogens (primary N) is 1. The minimum Gasteiger partial charge on any atom is -0.486 e. The van der Waals surface area contributed by atoms with E-state index in [4.69, 9.17) is 15.2 Å². The number of hydrogen-bond acceptors (Lipinski definition) is 7. The van der Waals surface area contributed by atoms with Gasteiger partial charge in [-0.05, 0) is 19.1 Å². The summed E-state index contributed by atoms with van der Waals surface area (Å²) in [6, 6.07) is 5.62. The van der Waals surface area contributed by atoms with E-state index < -0.39 is 0 Å². The van der Waals surface area contributed by atoms with Gasteiger partial charge >= 0.3 is 0 Å². The molecule has 0 aliphatic carbocycles. The number of benzene rings is 1. The minimum absolute atomic E-state index is 0.481. The lowest BCUT2D eigenvalue weighted by Crippen LogP contribution is -2.15. The minimum atomic E-state index is 0.481. The first-order valence-corrected chi connectivity index (χ1v) is 6.79. The maximum absolute atomic E-state index is 6.05. The van der Waals surface area contributed by atoms with Crippen LogP contribution in [0.3, 0.4) is 0 Å². The second-order valence-corrected chi connectivity index (χ2v) is 4.50. The Morgan fingerprint density at radius 2 is 1.90 bits per heavy atom. The fraction of sp³-hybridized carbons (Fsp3) is 0.286. The average molecular weight is 287 g/mol. The van der Waals surface area contributed by atoms with Crippen molar-refractivity contribution in [2.75, 3.05) is 36.1 Å². The van der Waals surface area contributed by atoms with Gasteiger partial charge in [0.05, 0.1) is 0 Å². The molecule has 1 aromatic heterocycles. The summed E-state index contributed by atoms with van der Waals surface area (Å²) in [6.45, 7) is 3.85. The topological polar surface area (TPSA) is 94.3 Å². The van der Waals surface area contributed by atoms with Gasteiger partial charge in [-0.3, -0.25) is 0 Å². The Bertz CT molecular complexity index is 647. The van der Waals surface area contributed by atoms with Crippen molar-refractivity contribution < 1.29 is 9.47 Å². The summed E-state index contributed by atoms with van der Waals surface area (Å²) in [6.07, 6.45) is 1.47. The quantitative estimate of drug-likeness (QED) is 0.791. The Kier molecular flexibility index (Phi) is 3.63. The zero-order valence-electron chi connectivity index (χ0n) is 11.7. The Balaban J connectivity index is 1.85. The van der Waals surface area contributed by atoms with E-state index in [1.807, 2.05) is 25.1 Å². The van der Waals surface area contributed by atoms with Gasteiger partial charge < -0.3 is 25.8 Å². The zero-order valence-corrected chi connectivity index (χ0v) is 11.7. The fourth-order valence-corrected chi connectivity index (χ4v) is 2.06. The Labute approximate surface area is 122 Å². The smallest absolute Gasteiger partial charge is 0.163 e. The molecular weight excluding hydrogens is 270 g/mol. The van der Waals surface area contributed by atoms with E-state index in [1.54, 1.807) is 0 Å². The van der Waals surface area contributed by atoms with Gasteiger partial charge in [0.15, 0.2) is 23.1 Å². The predicted molar refractivity (Wildman–Crippen MR) is 81.3 cm³/mol. The Hall–Kier alpha value is -2.70. The number of ether oxygens (including phenoxy) is 2. The SMILES string of the molecule is CCNc1ncnc(Nc2ccc3c(c2)OCCO3)c1N. The van der Waals surface area contributed by atoms with Crippen LogP contribution >= 0.6 is 0 Å². The number of aromatic nitrogens is 2. The van der Waals surface area contributed by atoms with Gasteiger partial charge in [-0.15, -0.1) is 0 Å². The van der Waals surface area contributed by atoms with E-state index in [9.17, 15) is 0 Å². The number of rotatable bonds is 4. The van der Waals surface area contributed by atoms with Crippen LogP contribution in [0.15, 0.2) is 24.5 Å². The molecule has 7 nitrogen and oxygen atoms in total. The van der Waals surface area contributed by atoms with Gasteiger partial charge in [0.2, 0.25) is 0 Å². The summed E-state index contributed by atoms with van der Waals surface area (Å²) in [7, 11) is 0. The Morgan fingerprint density at radius 1 is 1.14 bits per heavy atom. The molecule has 1 aliphatic rings. The third-order valence-electron chi connectivity index (χ3n) is 3.03. The van der Waals surface area contributed by atoms with Crippen LogP contribution in [-0.4, -0.2) is 29.7 Å². The maximum Gasteiger partial charge on any atom is 0.163 e. The highest BCUT2D eigenvalue weighted by molar-refractivity contribution is 5.78. The van der Waals surface area contributed by atoms with Crippen LogP contribution in [0.4, 0.5) is 23.0 Å². The summed E-state index contributed by atoms with van der Waals surface area (Å²) in [5, 5.41) is 6.26. The molecule has 110 valence electrons. The second-order valence-electron chi connectivity index (χ2n) is 4.50. The van der Waals surface area contributed by atoms with Gasteiger partial charge in [-0.1, -0.05) is 0 Å². The lowest BCUT2D eigenvalue weighted by atomic mass is 10.2. The molecule has 1 aliphatic heterocycles. The van der Waals surface area contributed by atoms with E-state index in [0.29, 0.717) is 36.3 Å². The van der Waals surface area contributed by atoms with Gasteiger partial charge in [0.25, 0.3) is 0 Å². The molecule has 0 saturated heterocycles. The van der Waals surface area contributed by atoms with E-state index in [2.05, 4.69) is 20.6 Å². The molecule has 0 amide bonds. The summed E-state index contributed by atoms with van der Waals surface area (Å²) in [5.41, 5.74) is 7.36. The molecule has 1 aromatic carbocycles. The average Bonchev–Trinajstić information content (AvgIpc) is 2.51. The van der Waals surface area contributed by atoms with Crippen LogP contribution < -0.4 is 25.8 Å². The molecule has 0 saturated carbocycles. The molecule has 0 spiro atoms. The van der Waals surface area contributed by atoms with Crippen LogP contribution in [0.25, 0.3) is 0 Å². The number of nitrogens with one attached hydrogen (secondary N) is 2. The summed E-state index contributed by atoms with van der Waals surface area (Å²) in [5.74, 6) is 2.63. The van der Waals surface area contributed by atoms with Crippen LogP contribution in [-0.2, 0) is 0 Å². The van der Waals surface area contributed by atoms with Gasteiger partial charge in [-0.2, -0.15) is 0 Å². The monoisotopic (exact) mass is 287 g/mol. The van der Waals surface area contributed by atoms with E-state index in [1.165, 1.54) is 6.33 Å². The van der Waals surface area contributed by atoms with Crippen LogP contribution in [0, 0.1) is 0 Å². The molecular formula is C14H17N5O2. The zero-order chi connectivity index (χ0) is 14.7. The Morgan fingerprint density at radius 3 is 2.71 bits per heavy atom. The molecule has 2 aromatic rings. The van der Waals surface area contributed by atoms with Gasteiger partial charge in [0.1, 0.15) is 25.2 Å². The van der Waals surface area contributed by atoms with Crippen molar-refractivity contribution in [2.24, 2.45) is 0 Å². The van der Waals surface area contributed by atoms with Crippen molar-refractivity contribution in [1.29, 1.82) is 0 Å². The van der Waals surface area contributed by atoms with Crippen LogP contribution in [0.1, 0.15) is 6.92 Å². The van der Waals surface area contributed by atoms with Crippen molar-refractivity contribution in [2.45, 2.75) is 6.92 Å². The van der Waals surface area contributed by atoms with E-state index >= 15 is 0 Å². The van der Waals surface area contributed by atoms with Crippen molar-refractivity contribution in [1.82, 2.24) is 9.97 Å². The first-order chi connectivity index (χ1) is 10.3. The highest BCUT2D eigenvalue weighted by atomic mass is 16.6. The number of nitrogens with zero attached hydrogens (tertiary/aromatic N) is 2. The number of hydrogen-bond donors (Lipinski definition) is 3. The number of anilines is 4. The highest BCUT2D eigenvalue weighted by Crippen LogP contribution is 2.34. The van der Waals surface area contributed by atoms with Crippen LogP contribution in [0.5, 0.6) is 11.5 Å². The molecule has 0 bridgehead atoms. The standard InChI is InChI=1S/C14H17N5O2/c1-2-16-13-12(15)14(18-8-17-13)19-9-3-4-10-11(7-9)21-6-5-20-10/h3-4,7-8H,2,5-6,15H2,1H3,(H2,16,17,18,19). The molecule has 3 rings (SSSR count). The first kappa shape index (κ1) is 13.3. The van der Waals surface area contributed by atoms with E-state index in [-0.39, 0.29) is 0 Å². The van der Waals surface area contributed by atoms with Gasteiger partial charge in [-0.25, -0.2) is 9.97 Å². The normalized spacial score (nSPS) is 12.8. The summed E-state index contributed by atoms with van der Waals surface area (Å²) < 4.78 is 11.0. The van der Waals surface area contributed by atoms with Crippen molar-refractivity contribution in [3.05, 3.63) is 24.5 Å². The summed E-state index contributed by atoms with van der Waals surface area (Å²) in [4.78, 5) is 8.28.